The zero-order chi connectivity index (χ0) is 16.9. The van der Waals surface area contributed by atoms with Crippen LogP contribution < -0.4 is 11.1 Å². The number of nitrogens with zero attached hydrogens (tertiary/aromatic N) is 5. The van der Waals surface area contributed by atoms with Crippen molar-refractivity contribution in [1.82, 2.24) is 30.4 Å². The zero-order valence-corrected chi connectivity index (χ0v) is 13.9. The number of carbonyl (C=O) groups excluding carboxylic acids is 1. The quantitative estimate of drug-likeness (QED) is 0.783. The fraction of sp³-hybridized carbons (Fsp3) is 0.500. The summed E-state index contributed by atoms with van der Waals surface area (Å²) in [6, 6.07) is 8.58. The number of benzene rings is 1. The van der Waals surface area contributed by atoms with E-state index in [1.54, 1.807) is 0 Å². The summed E-state index contributed by atoms with van der Waals surface area (Å²) in [5, 5.41) is 13.5. The van der Waals surface area contributed by atoms with Crippen LogP contribution in [0.25, 0.3) is 0 Å². The summed E-state index contributed by atoms with van der Waals surface area (Å²) >= 11 is 0. The van der Waals surface area contributed by atoms with Crippen molar-refractivity contribution in [1.29, 1.82) is 0 Å². The van der Waals surface area contributed by atoms with Crippen molar-refractivity contribution in [3.63, 3.8) is 0 Å². The third-order valence-electron chi connectivity index (χ3n) is 4.50. The molecule has 1 aromatic heterocycles. The Morgan fingerprint density at radius 2 is 2.25 bits per heavy atom. The summed E-state index contributed by atoms with van der Waals surface area (Å²) in [4.78, 5) is 14.3. The SMILES string of the molecule is Cc1ccccc1C1CCN(CCNC(=O)Cn2nnnc2N)C1. The van der Waals surface area contributed by atoms with Crippen molar-refractivity contribution in [3.05, 3.63) is 35.4 Å². The predicted molar refractivity (Wildman–Crippen MR) is 90.2 cm³/mol. The molecule has 1 aromatic carbocycles. The lowest BCUT2D eigenvalue weighted by Crippen LogP contribution is -2.35. The molecule has 1 saturated heterocycles. The van der Waals surface area contributed by atoms with E-state index in [0.29, 0.717) is 12.5 Å². The molecule has 1 fully saturated rings. The Morgan fingerprint density at radius 3 is 3.00 bits per heavy atom. The van der Waals surface area contributed by atoms with Gasteiger partial charge in [0.2, 0.25) is 11.9 Å². The lowest BCUT2D eigenvalue weighted by molar-refractivity contribution is -0.121. The molecule has 0 spiro atoms. The summed E-state index contributed by atoms with van der Waals surface area (Å²) in [5.41, 5.74) is 8.34. The molecule has 128 valence electrons. The molecule has 2 aromatic rings. The summed E-state index contributed by atoms with van der Waals surface area (Å²) < 4.78 is 1.28. The fourth-order valence-corrected chi connectivity index (χ4v) is 3.20. The minimum Gasteiger partial charge on any atom is -0.367 e. The second-order valence-corrected chi connectivity index (χ2v) is 6.19. The minimum atomic E-state index is -0.136. The molecule has 3 rings (SSSR count). The maximum atomic E-state index is 11.9. The summed E-state index contributed by atoms with van der Waals surface area (Å²) in [6.45, 7) is 5.78. The van der Waals surface area contributed by atoms with E-state index in [0.717, 1.165) is 19.6 Å². The van der Waals surface area contributed by atoms with E-state index >= 15 is 0 Å². The number of nitrogens with one attached hydrogen (secondary N) is 1. The van der Waals surface area contributed by atoms with Crippen LogP contribution in [0.2, 0.25) is 0 Å². The standard InChI is InChI=1S/C16H23N7O/c1-12-4-2-3-5-14(12)13-6-8-22(10-13)9-7-18-15(24)11-23-16(17)19-20-21-23/h2-5,13H,6-11H2,1H3,(H,18,24)(H2,17,19,21). The molecule has 0 bridgehead atoms. The van der Waals surface area contributed by atoms with E-state index in [-0.39, 0.29) is 18.4 Å². The highest BCUT2D eigenvalue weighted by Gasteiger charge is 2.24. The molecule has 1 aliphatic rings. The largest absolute Gasteiger partial charge is 0.367 e. The first-order valence-corrected chi connectivity index (χ1v) is 8.19. The number of carbonyl (C=O) groups is 1. The molecule has 0 radical (unpaired) electrons. The molecule has 1 unspecified atom stereocenters. The van der Waals surface area contributed by atoms with Gasteiger partial charge < -0.3 is 16.0 Å². The topological polar surface area (TPSA) is 102 Å². The number of aryl methyl sites for hydroxylation is 1. The van der Waals surface area contributed by atoms with Crippen LogP contribution in [0.3, 0.4) is 0 Å². The van der Waals surface area contributed by atoms with Gasteiger partial charge in [0.05, 0.1) is 0 Å². The lowest BCUT2D eigenvalue weighted by Gasteiger charge is -2.17. The molecule has 8 nitrogen and oxygen atoms in total. The smallest absolute Gasteiger partial charge is 0.241 e. The maximum absolute atomic E-state index is 11.9. The number of amides is 1. The Kier molecular flexibility index (Phi) is 5.05. The van der Waals surface area contributed by atoms with Crippen molar-refractivity contribution in [3.8, 4) is 0 Å². The third kappa shape index (κ3) is 3.88. The molecule has 0 saturated carbocycles. The zero-order valence-electron chi connectivity index (χ0n) is 13.9. The first kappa shape index (κ1) is 16.4. The van der Waals surface area contributed by atoms with Crippen molar-refractivity contribution >= 4 is 11.9 Å². The Balaban J connectivity index is 1.41. The van der Waals surface area contributed by atoms with Gasteiger partial charge in [-0.2, -0.15) is 0 Å². The van der Waals surface area contributed by atoms with Gasteiger partial charge in [0.1, 0.15) is 6.54 Å². The lowest BCUT2D eigenvalue weighted by atomic mass is 9.94. The van der Waals surface area contributed by atoms with Crippen LogP contribution >= 0.6 is 0 Å². The van der Waals surface area contributed by atoms with Gasteiger partial charge in [0.15, 0.2) is 0 Å². The van der Waals surface area contributed by atoms with Gasteiger partial charge >= 0.3 is 0 Å². The van der Waals surface area contributed by atoms with E-state index in [1.165, 1.54) is 22.2 Å². The molecule has 3 N–H and O–H groups in total. The van der Waals surface area contributed by atoms with Crippen LogP contribution in [0, 0.1) is 6.92 Å². The van der Waals surface area contributed by atoms with E-state index in [2.05, 4.69) is 56.9 Å². The Hall–Kier alpha value is -2.48. The maximum Gasteiger partial charge on any atom is 0.241 e. The summed E-state index contributed by atoms with van der Waals surface area (Å²) in [5.74, 6) is 0.595. The molecule has 1 aliphatic heterocycles. The number of tetrazole rings is 1. The van der Waals surface area contributed by atoms with Crippen LogP contribution in [-0.2, 0) is 11.3 Å². The van der Waals surface area contributed by atoms with Crippen LogP contribution in [0.4, 0.5) is 5.95 Å². The van der Waals surface area contributed by atoms with Gasteiger partial charge in [0, 0.05) is 19.6 Å². The summed E-state index contributed by atoms with van der Waals surface area (Å²) in [6.07, 6.45) is 1.17. The predicted octanol–water partition coefficient (Wildman–Crippen LogP) is 0.169. The Morgan fingerprint density at radius 1 is 1.42 bits per heavy atom. The van der Waals surface area contributed by atoms with Crippen molar-refractivity contribution in [2.75, 3.05) is 31.9 Å². The van der Waals surface area contributed by atoms with E-state index in [1.807, 2.05) is 0 Å². The van der Waals surface area contributed by atoms with Gasteiger partial charge in [0.25, 0.3) is 0 Å². The number of likely N-dealkylation sites (tertiary alicyclic amines) is 1. The fourth-order valence-electron chi connectivity index (χ4n) is 3.20. The number of aromatic nitrogens is 4. The molecular formula is C16H23N7O. The minimum absolute atomic E-state index is 0.0463. The van der Waals surface area contributed by atoms with E-state index in [4.69, 9.17) is 5.73 Å². The third-order valence-corrected chi connectivity index (χ3v) is 4.50. The first-order chi connectivity index (χ1) is 11.6. The highest BCUT2D eigenvalue weighted by atomic mass is 16.2. The molecule has 2 heterocycles. The summed E-state index contributed by atoms with van der Waals surface area (Å²) in [7, 11) is 0. The number of nitrogens with two attached hydrogens (primary N) is 1. The van der Waals surface area contributed by atoms with Crippen molar-refractivity contribution < 1.29 is 4.79 Å². The number of hydrogen-bond acceptors (Lipinski definition) is 6. The molecular weight excluding hydrogens is 306 g/mol. The van der Waals surface area contributed by atoms with Crippen LogP contribution in [0.15, 0.2) is 24.3 Å². The monoisotopic (exact) mass is 329 g/mol. The number of hydrogen-bond donors (Lipinski definition) is 2. The van der Waals surface area contributed by atoms with Gasteiger partial charge in [-0.15, -0.1) is 0 Å². The van der Waals surface area contributed by atoms with Crippen LogP contribution in [0.1, 0.15) is 23.5 Å². The van der Waals surface area contributed by atoms with Gasteiger partial charge in [-0.25, -0.2) is 4.68 Å². The van der Waals surface area contributed by atoms with Crippen LogP contribution in [-0.4, -0.2) is 57.2 Å². The van der Waals surface area contributed by atoms with E-state index in [9.17, 15) is 4.79 Å². The Bertz CT molecular complexity index is 699. The average molecular weight is 329 g/mol. The van der Waals surface area contributed by atoms with Gasteiger partial charge in [-0.3, -0.25) is 4.79 Å². The highest BCUT2D eigenvalue weighted by Crippen LogP contribution is 2.28. The molecule has 1 amide bonds. The number of nitrogen functional groups attached to an aromatic ring is 1. The van der Waals surface area contributed by atoms with Gasteiger partial charge in [-0.1, -0.05) is 29.4 Å². The molecule has 1 atom stereocenters. The first-order valence-electron chi connectivity index (χ1n) is 8.19. The van der Waals surface area contributed by atoms with Crippen molar-refractivity contribution in [2.45, 2.75) is 25.8 Å². The second-order valence-electron chi connectivity index (χ2n) is 6.19. The molecule has 8 heteroatoms. The van der Waals surface area contributed by atoms with Gasteiger partial charge in [-0.05, 0) is 47.4 Å². The van der Waals surface area contributed by atoms with Crippen molar-refractivity contribution in [2.24, 2.45) is 0 Å². The normalized spacial score (nSPS) is 18.0. The second kappa shape index (κ2) is 7.39. The van der Waals surface area contributed by atoms with E-state index < -0.39 is 0 Å². The number of anilines is 1. The average Bonchev–Trinajstić information content (AvgIpc) is 3.18. The highest BCUT2D eigenvalue weighted by molar-refractivity contribution is 5.75. The molecule has 24 heavy (non-hydrogen) atoms. The molecule has 0 aliphatic carbocycles. The van der Waals surface area contributed by atoms with Crippen LogP contribution in [0.5, 0.6) is 0 Å². The Labute approximate surface area is 141 Å². The number of rotatable bonds is 6.